The number of piperidine rings is 1. The van der Waals surface area contributed by atoms with Crippen molar-refractivity contribution in [3.05, 3.63) is 71.0 Å². The van der Waals surface area contributed by atoms with Crippen LogP contribution in [0.25, 0.3) is 0 Å². The number of benzene rings is 2. The van der Waals surface area contributed by atoms with E-state index in [4.69, 9.17) is 4.74 Å². The summed E-state index contributed by atoms with van der Waals surface area (Å²) in [5.41, 5.74) is -0.465. The Morgan fingerprint density at radius 3 is 2.45 bits per heavy atom. The summed E-state index contributed by atoms with van der Waals surface area (Å²) in [6.07, 6.45) is 1.59. The average Bonchev–Trinajstić information content (AvgIpc) is 3.26. The Morgan fingerprint density at radius 2 is 1.74 bits per heavy atom. The van der Waals surface area contributed by atoms with Gasteiger partial charge in [0.2, 0.25) is 0 Å². The molecular weight excluding hydrogens is 409 g/mol. The Morgan fingerprint density at radius 1 is 1.00 bits per heavy atom. The van der Waals surface area contributed by atoms with Crippen molar-refractivity contribution in [2.75, 3.05) is 13.1 Å². The number of carbonyl (C=O) groups is 2. The van der Waals surface area contributed by atoms with E-state index in [-0.39, 0.29) is 42.6 Å². The van der Waals surface area contributed by atoms with E-state index in [1.54, 1.807) is 11.0 Å². The Bertz CT molecular complexity index is 1050. The highest BCUT2D eigenvalue weighted by Gasteiger charge is 2.58. The lowest BCUT2D eigenvalue weighted by molar-refractivity contribution is -0.142. The third kappa shape index (κ3) is 3.29. The van der Waals surface area contributed by atoms with Gasteiger partial charge in [0.25, 0.3) is 11.8 Å². The minimum Gasteiger partial charge on any atom is -0.342 e. The van der Waals surface area contributed by atoms with E-state index in [0.717, 1.165) is 17.7 Å². The molecule has 0 aromatic heterocycles. The number of amides is 2. The summed E-state index contributed by atoms with van der Waals surface area (Å²) in [6, 6.07) is 8.89. The minimum absolute atomic E-state index is 0.135. The van der Waals surface area contributed by atoms with E-state index in [1.165, 1.54) is 17.0 Å². The van der Waals surface area contributed by atoms with E-state index in [1.807, 2.05) is 6.07 Å². The number of ether oxygens (including phenoxy) is 1. The lowest BCUT2D eigenvalue weighted by Gasteiger charge is -2.37. The van der Waals surface area contributed by atoms with Gasteiger partial charge in [-0.3, -0.25) is 9.59 Å². The lowest BCUT2D eigenvalue weighted by atomic mass is 9.89. The molecule has 3 saturated heterocycles. The van der Waals surface area contributed by atoms with Crippen LogP contribution in [0.4, 0.5) is 13.2 Å². The highest BCUT2D eigenvalue weighted by Crippen LogP contribution is 2.47. The van der Waals surface area contributed by atoms with E-state index in [2.05, 4.69) is 0 Å². The number of fused-ring (bicyclic) bond motifs is 1. The predicted octanol–water partition coefficient (Wildman–Crippen LogP) is 3.80. The van der Waals surface area contributed by atoms with E-state index in [9.17, 15) is 22.8 Å². The summed E-state index contributed by atoms with van der Waals surface area (Å²) in [7, 11) is 0. The van der Waals surface area contributed by atoms with E-state index < -0.39 is 23.1 Å². The summed E-state index contributed by atoms with van der Waals surface area (Å²) in [4.78, 5) is 29.2. The highest BCUT2D eigenvalue weighted by atomic mass is 19.1. The molecule has 5 rings (SSSR count). The number of halogens is 3. The molecule has 0 N–H and O–H groups in total. The van der Waals surface area contributed by atoms with Crippen LogP contribution in [0.3, 0.4) is 0 Å². The average molecular weight is 430 g/mol. The quantitative estimate of drug-likeness (QED) is 0.728. The first-order chi connectivity index (χ1) is 14.9. The zero-order valence-corrected chi connectivity index (χ0v) is 16.7. The van der Waals surface area contributed by atoms with Gasteiger partial charge in [-0.05, 0) is 42.7 Å². The van der Waals surface area contributed by atoms with Crippen LogP contribution in [-0.2, 0) is 9.53 Å². The van der Waals surface area contributed by atoms with Gasteiger partial charge < -0.3 is 14.5 Å². The van der Waals surface area contributed by atoms with Crippen LogP contribution in [-0.4, -0.2) is 46.5 Å². The van der Waals surface area contributed by atoms with E-state index in [0.29, 0.717) is 31.7 Å². The Balaban J connectivity index is 1.31. The van der Waals surface area contributed by atoms with Crippen LogP contribution in [0.15, 0.2) is 42.5 Å². The van der Waals surface area contributed by atoms with Gasteiger partial charge in [-0.2, -0.15) is 0 Å². The van der Waals surface area contributed by atoms with Crippen LogP contribution in [0, 0.1) is 17.5 Å². The summed E-state index contributed by atoms with van der Waals surface area (Å²) in [5.74, 6) is -2.66. The molecule has 3 aliphatic rings. The summed E-state index contributed by atoms with van der Waals surface area (Å²) < 4.78 is 47.0. The molecular formula is C23H21F3N2O3. The lowest BCUT2D eigenvalue weighted by Crippen LogP contribution is -2.51. The predicted molar refractivity (Wildman–Crippen MR) is 104 cm³/mol. The van der Waals surface area contributed by atoms with Crippen molar-refractivity contribution in [3.8, 4) is 0 Å². The maximum absolute atomic E-state index is 14.0. The van der Waals surface area contributed by atoms with Gasteiger partial charge in [0.1, 0.15) is 23.7 Å². The largest absolute Gasteiger partial charge is 0.342 e. The second-order valence-corrected chi connectivity index (χ2v) is 8.34. The summed E-state index contributed by atoms with van der Waals surface area (Å²) in [5, 5.41) is 0. The van der Waals surface area contributed by atoms with Gasteiger partial charge in [0.05, 0.1) is 11.6 Å². The Hall–Kier alpha value is -2.87. The third-order valence-corrected chi connectivity index (χ3v) is 6.57. The number of nitrogens with zero attached hydrogens (tertiary/aromatic N) is 2. The SMILES string of the molecule is O=C(c1ccc(F)cc1F)N1CCC2(CC1)O[C@@H]1CC[C@@H](c3cccc(F)c3)N1C2=O. The number of rotatable bonds is 2. The number of hydrogen-bond acceptors (Lipinski definition) is 3. The molecule has 3 fully saturated rings. The van der Waals surface area contributed by atoms with Gasteiger partial charge in [-0.1, -0.05) is 12.1 Å². The molecule has 3 aliphatic heterocycles. The number of likely N-dealkylation sites (tertiary alicyclic amines) is 1. The molecule has 3 heterocycles. The molecule has 2 aromatic rings. The zero-order chi connectivity index (χ0) is 21.8. The van der Waals surface area contributed by atoms with Gasteiger partial charge >= 0.3 is 0 Å². The van der Waals surface area contributed by atoms with Gasteiger partial charge in [0.15, 0.2) is 5.60 Å². The molecule has 1 spiro atoms. The van der Waals surface area contributed by atoms with Crippen LogP contribution < -0.4 is 0 Å². The van der Waals surface area contributed by atoms with Gasteiger partial charge in [-0.15, -0.1) is 0 Å². The molecule has 0 unspecified atom stereocenters. The first-order valence-electron chi connectivity index (χ1n) is 10.4. The molecule has 162 valence electrons. The second-order valence-electron chi connectivity index (χ2n) is 8.34. The van der Waals surface area contributed by atoms with Crippen LogP contribution in [0.2, 0.25) is 0 Å². The van der Waals surface area contributed by atoms with Crippen molar-refractivity contribution in [2.45, 2.75) is 43.6 Å². The van der Waals surface area contributed by atoms with Crippen molar-refractivity contribution in [2.24, 2.45) is 0 Å². The first kappa shape index (κ1) is 20.1. The normalized spacial score (nSPS) is 24.7. The monoisotopic (exact) mass is 430 g/mol. The molecule has 0 bridgehead atoms. The fraction of sp³-hybridized carbons (Fsp3) is 0.391. The highest BCUT2D eigenvalue weighted by molar-refractivity contribution is 5.95. The van der Waals surface area contributed by atoms with E-state index >= 15 is 0 Å². The first-order valence-corrected chi connectivity index (χ1v) is 10.4. The standard InChI is InChI=1S/C23H21F3N2O3/c24-15-3-1-2-14(12-15)19-6-7-20-28(19)22(30)23(31-20)8-10-27(11-9-23)21(29)17-5-4-16(25)13-18(17)26/h1-5,12-13,19-20H,6-11H2/t19-,20+/m0/s1. The van der Waals surface area contributed by atoms with Crippen LogP contribution in [0.1, 0.15) is 47.6 Å². The van der Waals surface area contributed by atoms with Gasteiger partial charge in [0, 0.05) is 32.0 Å². The fourth-order valence-electron chi connectivity index (χ4n) is 4.99. The molecule has 31 heavy (non-hydrogen) atoms. The maximum atomic E-state index is 14.0. The second kappa shape index (κ2) is 7.37. The molecule has 2 aromatic carbocycles. The topological polar surface area (TPSA) is 49.9 Å². The number of carbonyl (C=O) groups excluding carboxylic acids is 2. The van der Waals surface area contributed by atoms with Crippen molar-refractivity contribution < 1.29 is 27.5 Å². The summed E-state index contributed by atoms with van der Waals surface area (Å²) >= 11 is 0. The van der Waals surface area contributed by atoms with Crippen molar-refractivity contribution >= 4 is 11.8 Å². The van der Waals surface area contributed by atoms with Crippen molar-refractivity contribution in [3.63, 3.8) is 0 Å². The fourth-order valence-corrected chi connectivity index (χ4v) is 4.99. The Kier molecular flexibility index (Phi) is 4.77. The van der Waals surface area contributed by atoms with Crippen molar-refractivity contribution in [1.29, 1.82) is 0 Å². The number of hydrogen-bond donors (Lipinski definition) is 0. The molecule has 2 amide bonds. The molecule has 5 nitrogen and oxygen atoms in total. The zero-order valence-electron chi connectivity index (χ0n) is 16.7. The third-order valence-electron chi connectivity index (χ3n) is 6.57. The van der Waals surface area contributed by atoms with Gasteiger partial charge in [-0.25, -0.2) is 13.2 Å². The summed E-state index contributed by atoms with van der Waals surface area (Å²) in [6.45, 7) is 0.458. The van der Waals surface area contributed by atoms with Crippen LogP contribution >= 0.6 is 0 Å². The minimum atomic E-state index is -1.02. The van der Waals surface area contributed by atoms with Crippen LogP contribution in [0.5, 0.6) is 0 Å². The molecule has 0 aliphatic carbocycles. The van der Waals surface area contributed by atoms with Crippen molar-refractivity contribution in [1.82, 2.24) is 9.80 Å². The molecule has 0 radical (unpaired) electrons. The molecule has 2 atom stereocenters. The Labute approximate surface area is 177 Å². The smallest absolute Gasteiger partial charge is 0.257 e. The molecule has 8 heteroatoms. The maximum Gasteiger partial charge on any atom is 0.257 e. The molecule has 0 saturated carbocycles.